The van der Waals surface area contributed by atoms with Gasteiger partial charge in [-0.2, -0.15) is 0 Å². The van der Waals surface area contributed by atoms with Gasteiger partial charge in [-0.25, -0.2) is 0 Å². The van der Waals surface area contributed by atoms with Crippen molar-refractivity contribution in [2.75, 3.05) is 0 Å². The first-order valence-corrected chi connectivity index (χ1v) is 5.81. The minimum absolute atomic E-state index is 0.0373. The van der Waals surface area contributed by atoms with E-state index in [0.717, 1.165) is 12.1 Å². The molecule has 0 amide bonds. The van der Waals surface area contributed by atoms with E-state index in [0.29, 0.717) is 5.92 Å². The van der Waals surface area contributed by atoms with E-state index < -0.39 is 0 Å². The molecule has 0 fully saturated rings. The van der Waals surface area contributed by atoms with Gasteiger partial charge in [-0.05, 0) is 12.3 Å². The lowest BCUT2D eigenvalue weighted by molar-refractivity contribution is 0.372. The highest BCUT2D eigenvalue weighted by molar-refractivity contribution is 5.02. The van der Waals surface area contributed by atoms with E-state index in [1.54, 1.807) is 18.6 Å². The molecule has 1 rings (SSSR count). The largest absolute Gasteiger partial charge is 0.322 e. The molecule has 0 saturated heterocycles. The van der Waals surface area contributed by atoms with Gasteiger partial charge in [-0.15, -0.1) is 0 Å². The molecule has 1 aromatic rings. The molecule has 0 aliphatic heterocycles. The van der Waals surface area contributed by atoms with Gasteiger partial charge >= 0.3 is 0 Å². The standard InChI is InChI=1S/C12H21N3/c1-3-5-6-10(4-2)12(13)11-9-14-7-8-15-11/h7-10,12H,3-6,13H2,1-2H3. The molecule has 2 unspecified atom stereocenters. The molecule has 15 heavy (non-hydrogen) atoms. The molecule has 84 valence electrons. The summed E-state index contributed by atoms with van der Waals surface area (Å²) >= 11 is 0. The van der Waals surface area contributed by atoms with Gasteiger partial charge in [0.25, 0.3) is 0 Å². The minimum atomic E-state index is 0.0373. The fraction of sp³-hybridized carbons (Fsp3) is 0.667. The van der Waals surface area contributed by atoms with Crippen LogP contribution >= 0.6 is 0 Å². The Morgan fingerprint density at radius 1 is 1.33 bits per heavy atom. The summed E-state index contributed by atoms with van der Waals surface area (Å²) in [6, 6.07) is 0.0373. The summed E-state index contributed by atoms with van der Waals surface area (Å²) in [6.07, 6.45) is 9.93. The van der Waals surface area contributed by atoms with Crippen LogP contribution < -0.4 is 5.73 Å². The second-order valence-electron chi connectivity index (χ2n) is 3.97. The molecule has 0 spiro atoms. The minimum Gasteiger partial charge on any atom is -0.322 e. The fourth-order valence-corrected chi connectivity index (χ4v) is 1.83. The van der Waals surface area contributed by atoms with Crippen molar-refractivity contribution in [2.45, 2.75) is 45.6 Å². The highest BCUT2D eigenvalue weighted by Crippen LogP contribution is 2.24. The fourth-order valence-electron chi connectivity index (χ4n) is 1.83. The van der Waals surface area contributed by atoms with Gasteiger partial charge in [-0.3, -0.25) is 9.97 Å². The lowest BCUT2D eigenvalue weighted by Gasteiger charge is -2.21. The number of unbranched alkanes of at least 4 members (excludes halogenated alkanes) is 1. The van der Waals surface area contributed by atoms with Gasteiger partial charge in [-0.1, -0.05) is 33.1 Å². The maximum atomic E-state index is 6.19. The Labute approximate surface area is 92.1 Å². The molecule has 0 bridgehead atoms. The SMILES string of the molecule is CCCCC(CC)C(N)c1cnccn1. The lowest BCUT2D eigenvalue weighted by Crippen LogP contribution is -2.22. The number of nitrogens with two attached hydrogens (primary N) is 1. The van der Waals surface area contributed by atoms with Crippen LogP contribution in [0.25, 0.3) is 0 Å². The monoisotopic (exact) mass is 207 g/mol. The van der Waals surface area contributed by atoms with E-state index in [1.807, 2.05) is 0 Å². The summed E-state index contributed by atoms with van der Waals surface area (Å²) in [5.74, 6) is 0.529. The zero-order chi connectivity index (χ0) is 11.1. The van der Waals surface area contributed by atoms with Crippen molar-refractivity contribution in [3.8, 4) is 0 Å². The van der Waals surface area contributed by atoms with Gasteiger partial charge in [0.2, 0.25) is 0 Å². The molecule has 2 atom stereocenters. The number of rotatable bonds is 6. The van der Waals surface area contributed by atoms with Crippen LogP contribution in [-0.4, -0.2) is 9.97 Å². The summed E-state index contributed by atoms with van der Waals surface area (Å²) in [4.78, 5) is 8.33. The predicted molar refractivity (Wildman–Crippen MR) is 62.3 cm³/mol. The molecule has 0 aliphatic rings. The Bertz CT molecular complexity index is 261. The van der Waals surface area contributed by atoms with Crippen molar-refractivity contribution in [3.63, 3.8) is 0 Å². The molecule has 0 aromatic carbocycles. The van der Waals surface area contributed by atoms with E-state index in [2.05, 4.69) is 23.8 Å². The number of hydrogen-bond acceptors (Lipinski definition) is 3. The van der Waals surface area contributed by atoms with E-state index in [1.165, 1.54) is 19.3 Å². The first-order chi connectivity index (χ1) is 7.29. The average Bonchev–Trinajstić information content (AvgIpc) is 2.31. The molecule has 3 heteroatoms. The summed E-state index contributed by atoms with van der Waals surface area (Å²) < 4.78 is 0. The highest BCUT2D eigenvalue weighted by atomic mass is 14.8. The van der Waals surface area contributed by atoms with Crippen molar-refractivity contribution in [3.05, 3.63) is 24.3 Å². The Morgan fingerprint density at radius 3 is 2.67 bits per heavy atom. The van der Waals surface area contributed by atoms with E-state index in [9.17, 15) is 0 Å². The number of nitrogens with zero attached hydrogens (tertiary/aromatic N) is 2. The molecular weight excluding hydrogens is 186 g/mol. The predicted octanol–water partition coefficient (Wildman–Crippen LogP) is 2.69. The molecule has 0 saturated carbocycles. The second-order valence-corrected chi connectivity index (χ2v) is 3.97. The molecule has 3 nitrogen and oxygen atoms in total. The smallest absolute Gasteiger partial charge is 0.0756 e. The van der Waals surface area contributed by atoms with Gasteiger partial charge in [0, 0.05) is 18.6 Å². The number of hydrogen-bond donors (Lipinski definition) is 1. The first-order valence-electron chi connectivity index (χ1n) is 5.81. The Kier molecular flexibility index (Phi) is 5.26. The van der Waals surface area contributed by atoms with Crippen LogP contribution in [0.2, 0.25) is 0 Å². The zero-order valence-corrected chi connectivity index (χ0v) is 9.69. The summed E-state index contributed by atoms with van der Waals surface area (Å²) in [5.41, 5.74) is 7.11. The third-order valence-electron chi connectivity index (χ3n) is 2.89. The van der Waals surface area contributed by atoms with Crippen LogP contribution in [0.4, 0.5) is 0 Å². The molecule has 0 aliphatic carbocycles. The summed E-state index contributed by atoms with van der Waals surface area (Å²) in [6.45, 7) is 4.40. The van der Waals surface area contributed by atoms with Crippen molar-refractivity contribution >= 4 is 0 Å². The third kappa shape index (κ3) is 3.59. The quantitative estimate of drug-likeness (QED) is 0.780. The Balaban J connectivity index is 2.60. The molecule has 2 N–H and O–H groups in total. The van der Waals surface area contributed by atoms with E-state index >= 15 is 0 Å². The van der Waals surface area contributed by atoms with E-state index in [-0.39, 0.29) is 6.04 Å². The van der Waals surface area contributed by atoms with Crippen LogP contribution in [0.15, 0.2) is 18.6 Å². The van der Waals surface area contributed by atoms with Crippen LogP contribution in [0.5, 0.6) is 0 Å². The maximum Gasteiger partial charge on any atom is 0.0756 e. The van der Waals surface area contributed by atoms with E-state index in [4.69, 9.17) is 5.73 Å². The second kappa shape index (κ2) is 6.51. The lowest BCUT2D eigenvalue weighted by atomic mass is 9.90. The number of aromatic nitrogens is 2. The van der Waals surface area contributed by atoms with Crippen LogP contribution in [-0.2, 0) is 0 Å². The van der Waals surface area contributed by atoms with Crippen LogP contribution in [0.3, 0.4) is 0 Å². The van der Waals surface area contributed by atoms with Crippen LogP contribution in [0, 0.1) is 5.92 Å². The van der Waals surface area contributed by atoms with Crippen molar-refractivity contribution < 1.29 is 0 Å². The van der Waals surface area contributed by atoms with Crippen molar-refractivity contribution in [2.24, 2.45) is 11.7 Å². The van der Waals surface area contributed by atoms with Gasteiger partial charge in [0.1, 0.15) is 0 Å². The summed E-state index contributed by atoms with van der Waals surface area (Å²) in [7, 11) is 0. The zero-order valence-electron chi connectivity index (χ0n) is 9.69. The molecule has 1 heterocycles. The topological polar surface area (TPSA) is 51.8 Å². The van der Waals surface area contributed by atoms with Gasteiger partial charge in [0.05, 0.1) is 11.7 Å². The highest BCUT2D eigenvalue weighted by Gasteiger charge is 2.18. The average molecular weight is 207 g/mol. The maximum absolute atomic E-state index is 6.19. The molecular formula is C12H21N3. The van der Waals surface area contributed by atoms with Crippen LogP contribution in [0.1, 0.15) is 51.3 Å². The van der Waals surface area contributed by atoms with Gasteiger partial charge in [0.15, 0.2) is 0 Å². The normalized spacial score (nSPS) is 14.9. The molecule has 1 aromatic heterocycles. The molecule has 0 radical (unpaired) electrons. The van der Waals surface area contributed by atoms with Gasteiger partial charge < -0.3 is 5.73 Å². The Morgan fingerprint density at radius 2 is 2.13 bits per heavy atom. The third-order valence-corrected chi connectivity index (χ3v) is 2.89. The van der Waals surface area contributed by atoms with Crippen molar-refractivity contribution in [1.29, 1.82) is 0 Å². The van der Waals surface area contributed by atoms with Crippen molar-refractivity contribution in [1.82, 2.24) is 9.97 Å². The summed E-state index contributed by atoms with van der Waals surface area (Å²) in [5, 5.41) is 0. The first kappa shape index (κ1) is 12.1. The Hall–Kier alpha value is -0.960.